The third-order valence-corrected chi connectivity index (χ3v) is 2.90. The van der Waals surface area contributed by atoms with Gasteiger partial charge in [-0.2, -0.15) is 0 Å². The molecule has 1 fully saturated rings. The van der Waals surface area contributed by atoms with Gasteiger partial charge in [0.15, 0.2) is 0 Å². The molecular weight excluding hydrogens is 202 g/mol. The van der Waals surface area contributed by atoms with Gasteiger partial charge in [-0.1, -0.05) is 12.8 Å². The number of hydrogen-bond donors (Lipinski definition) is 2. The van der Waals surface area contributed by atoms with E-state index in [9.17, 15) is 0 Å². The average Bonchev–Trinajstić information content (AvgIpc) is 2.56. The lowest BCUT2D eigenvalue weighted by Gasteiger charge is -2.21. The van der Waals surface area contributed by atoms with E-state index >= 15 is 0 Å². The minimum atomic E-state index is 0.687. The van der Waals surface area contributed by atoms with Crippen molar-refractivity contribution in [3.63, 3.8) is 0 Å². The zero-order valence-electron chi connectivity index (χ0n) is 9.74. The van der Waals surface area contributed by atoms with E-state index in [4.69, 9.17) is 5.84 Å². The van der Waals surface area contributed by atoms with Crippen molar-refractivity contribution in [1.82, 2.24) is 9.97 Å². The Morgan fingerprint density at radius 2 is 1.88 bits per heavy atom. The van der Waals surface area contributed by atoms with Crippen LogP contribution in [-0.2, 0) is 0 Å². The van der Waals surface area contributed by atoms with Crippen LogP contribution in [0.25, 0.3) is 0 Å². The van der Waals surface area contributed by atoms with Crippen LogP contribution in [0.15, 0.2) is 6.07 Å². The van der Waals surface area contributed by atoms with E-state index in [1.54, 1.807) is 0 Å². The van der Waals surface area contributed by atoms with Gasteiger partial charge in [0.25, 0.3) is 0 Å². The molecule has 16 heavy (non-hydrogen) atoms. The van der Waals surface area contributed by atoms with Crippen LogP contribution in [0.5, 0.6) is 0 Å². The van der Waals surface area contributed by atoms with Crippen molar-refractivity contribution < 1.29 is 0 Å². The number of nitrogens with two attached hydrogens (primary N) is 1. The van der Waals surface area contributed by atoms with E-state index in [2.05, 4.69) is 20.3 Å². The van der Waals surface area contributed by atoms with Crippen molar-refractivity contribution in [3.8, 4) is 0 Å². The molecule has 0 bridgehead atoms. The lowest BCUT2D eigenvalue weighted by Crippen LogP contribution is -2.25. The van der Waals surface area contributed by atoms with Crippen LogP contribution >= 0.6 is 0 Å². The molecule has 0 aromatic carbocycles. The first kappa shape index (κ1) is 11.1. The third-order valence-electron chi connectivity index (χ3n) is 2.90. The summed E-state index contributed by atoms with van der Waals surface area (Å²) >= 11 is 0. The zero-order valence-corrected chi connectivity index (χ0v) is 9.74. The normalized spacial score (nSPS) is 17.0. The number of nitrogen functional groups attached to an aromatic ring is 1. The van der Waals surface area contributed by atoms with Crippen molar-refractivity contribution >= 4 is 11.6 Å². The van der Waals surface area contributed by atoms with Gasteiger partial charge in [-0.3, -0.25) is 0 Å². The molecule has 88 valence electrons. The maximum absolute atomic E-state index is 5.39. The molecule has 1 aromatic heterocycles. The molecule has 0 unspecified atom stereocenters. The number of hydrazine groups is 1. The predicted molar refractivity (Wildman–Crippen MR) is 65.3 cm³/mol. The summed E-state index contributed by atoms with van der Waals surface area (Å²) in [7, 11) is 0. The lowest BCUT2D eigenvalue weighted by molar-refractivity contribution is 0.726. The Morgan fingerprint density at radius 1 is 1.19 bits per heavy atom. The maximum Gasteiger partial charge on any atom is 0.145 e. The predicted octanol–water partition coefficient (Wildman–Crippen LogP) is 1.45. The van der Waals surface area contributed by atoms with Crippen molar-refractivity contribution in [3.05, 3.63) is 11.9 Å². The minimum absolute atomic E-state index is 0.687. The second-order valence-electron chi connectivity index (χ2n) is 4.20. The molecule has 1 aliphatic heterocycles. The number of aryl methyl sites for hydroxylation is 1. The van der Waals surface area contributed by atoms with Crippen molar-refractivity contribution in [2.75, 3.05) is 23.4 Å². The molecule has 3 N–H and O–H groups in total. The second kappa shape index (κ2) is 5.12. The fourth-order valence-electron chi connectivity index (χ4n) is 2.09. The Hall–Kier alpha value is -1.36. The average molecular weight is 221 g/mol. The van der Waals surface area contributed by atoms with Crippen LogP contribution < -0.4 is 16.2 Å². The number of aromatic nitrogens is 2. The molecule has 1 aromatic rings. The number of anilines is 2. The van der Waals surface area contributed by atoms with Crippen LogP contribution in [0, 0.1) is 6.92 Å². The summed E-state index contributed by atoms with van der Waals surface area (Å²) in [6.07, 6.45) is 5.13. The van der Waals surface area contributed by atoms with Crippen molar-refractivity contribution in [1.29, 1.82) is 0 Å². The van der Waals surface area contributed by atoms with Crippen molar-refractivity contribution in [2.24, 2.45) is 5.84 Å². The van der Waals surface area contributed by atoms with Gasteiger partial charge in [0.05, 0.1) is 0 Å². The SMILES string of the molecule is Cc1nc(NN)cc(N2CCCCCC2)n1. The highest BCUT2D eigenvalue weighted by Gasteiger charge is 2.12. The number of rotatable bonds is 2. The number of nitrogens with zero attached hydrogens (tertiary/aromatic N) is 3. The molecule has 0 aliphatic carbocycles. The topological polar surface area (TPSA) is 67.1 Å². The molecule has 0 radical (unpaired) electrons. The van der Waals surface area contributed by atoms with Crippen LogP contribution in [-0.4, -0.2) is 23.1 Å². The number of hydrogen-bond acceptors (Lipinski definition) is 5. The van der Waals surface area contributed by atoms with Gasteiger partial charge < -0.3 is 10.3 Å². The molecule has 2 heterocycles. The summed E-state index contributed by atoms with van der Waals surface area (Å²) in [6, 6.07) is 1.92. The second-order valence-corrected chi connectivity index (χ2v) is 4.20. The van der Waals surface area contributed by atoms with Crippen LogP contribution in [0.2, 0.25) is 0 Å². The molecule has 0 amide bonds. The van der Waals surface area contributed by atoms with E-state index in [1.165, 1.54) is 25.7 Å². The summed E-state index contributed by atoms with van der Waals surface area (Å²) in [5.74, 6) is 7.82. The van der Waals surface area contributed by atoms with Gasteiger partial charge in [-0.25, -0.2) is 15.8 Å². The Morgan fingerprint density at radius 3 is 2.50 bits per heavy atom. The van der Waals surface area contributed by atoms with Gasteiger partial charge in [-0.15, -0.1) is 0 Å². The summed E-state index contributed by atoms with van der Waals surface area (Å²) in [4.78, 5) is 11.0. The van der Waals surface area contributed by atoms with Crippen LogP contribution in [0.1, 0.15) is 31.5 Å². The first-order valence-corrected chi connectivity index (χ1v) is 5.87. The maximum atomic E-state index is 5.39. The zero-order chi connectivity index (χ0) is 11.4. The fourth-order valence-corrected chi connectivity index (χ4v) is 2.09. The molecular formula is C11H19N5. The summed E-state index contributed by atoms with van der Waals surface area (Å²) < 4.78 is 0. The standard InChI is InChI=1S/C11H19N5/c1-9-13-10(15-12)8-11(14-9)16-6-4-2-3-5-7-16/h8H,2-7,12H2,1H3,(H,13,14,15). The van der Waals surface area contributed by atoms with Gasteiger partial charge in [0, 0.05) is 19.2 Å². The van der Waals surface area contributed by atoms with Crippen LogP contribution in [0.4, 0.5) is 11.6 Å². The first-order valence-electron chi connectivity index (χ1n) is 5.87. The molecule has 5 nitrogen and oxygen atoms in total. The fraction of sp³-hybridized carbons (Fsp3) is 0.636. The van der Waals surface area contributed by atoms with Gasteiger partial charge in [0.1, 0.15) is 17.5 Å². The largest absolute Gasteiger partial charge is 0.356 e. The Labute approximate surface area is 96.0 Å². The molecule has 1 aliphatic rings. The highest BCUT2D eigenvalue weighted by atomic mass is 15.3. The Kier molecular flexibility index (Phi) is 3.56. The van der Waals surface area contributed by atoms with E-state index in [0.29, 0.717) is 5.82 Å². The van der Waals surface area contributed by atoms with Gasteiger partial charge in [-0.05, 0) is 19.8 Å². The molecule has 0 spiro atoms. The summed E-state index contributed by atoms with van der Waals surface area (Å²) in [5.41, 5.74) is 2.59. The van der Waals surface area contributed by atoms with Gasteiger partial charge in [0.2, 0.25) is 0 Å². The molecule has 2 rings (SSSR count). The highest BCUT2D eigenvalue weighted by Crippen LogP contribution is 2.19. The van der Waals surface area contributed by atoms with E-state index in [-0.39, 0.29) is 0 Å². The van der Waals surface area contributed by atoms with Crippen LogP contribution in [0.3, 0.4) is 0 Å². The molecule has 5 heteroatoms. The molecule has 0 atom stereocenters. The Balaban J connectivity index is 2.20. The molecule has 1 saturated heterocycles. The van der Waals surface area contributed by atoms with E-state index < -0.39 is 0 Å². The quantitative estimate of drug-likeness (QED) is 0.584. The minimum Gasteiger partial charge on any atom is -0.356 e. The lowest BCUT2D eigenvalue weighted by atomic mass is 10.2. The highest BCUT2D eigenvalue weighted by molar-refractivity contribution is 5.48. The van der Waals surface area contributed by atoms with Crippen molar-refractivity contribution in [2.45, 2.75) is 32.6 Å². The smallest absolute Gasteiger partial charge is 0.145 e. The number of nitrogens with one attached hydrogen (secondary N) is 1. The summed E-state index contributed by atoms with van der Waals surface area (Å²) in [6.45, 7) is 4.06. The summed E-state index contributed by atoms with van der Waals surface area (Å²) in [5, 5.41) is 0. The third kappa shape index (κ3) is 2.61. The Bertz CT molecular complexity index is 344. The van der Waals surface area contributed by atoms with E-state index in [0.717, 1.165) is 24.7 Å². The van der Waals surface area contributed by atoms with Gasteiger partial charge >= 0.3 is 0 Å². The molecule has 0 saturated carbocycles. The first-order chi connectivity index (χ1) is 7.79. The monoisotopic (exact) mass is 221 g/mol. The van der Waals surface area contributed by atoms with E-state index in [1.807, 2.05) is 13.0 Å².